The molecule has 0 fully saturated rings. The maximum Gasteiger partial charge on any atom is 0.417 e. The number of nitrogens with zero attached hydrogens (tertiary/aromatic N) is 1. The van der Waals surface area contributed by atoms with Gasteiger partial charge in [0.2, 0.25) is 0 Å². The predicted octanol–water partition coefficient (Wildman–Crippen LogP) is 2.46. The summed E-state index contributed by atoms with van der Waals surface area (Å²) in [5.41, 5.74) is 0.837. The quantitative estimate of drug-likeness (QED) is 0.839. The summed E-state index contributed by atoms with van der Waals surface area (Å²) in [7, 11) is 1.31. The minimum Gasteiger partial charge on any atom is -0.481 e. The van der Waals surface area contributed by atoms with Crippen LogP contribution in [0, 0.1) is 17.8 Å². The number of methoxy groups -OCH3 is 1. The number of ether oxygens (including phenoxy) is 1. The van der Waals surface area contributed by atoms with Gasteiger partial charge in [-0.3, -0.25) is 9.69 Å². The Bertz CT molecular complexity index is 398. The fourth-order valence-electron chi connectivity index (χ4n) is 2.16. The Labute approximate surface area is 107 Å². The van der Waals surface area contributed by atoms with E-state index in [9.17, 15) is 14.7 Å². The van der Waals surface area contributed by atoms with E-state index < -0.39 is 18.0 Å². The van der Waals surface area contributed by atoms with E-state index in [0.717, 1.165) is 5.57 Å². The van der Waals surface area contributed by atoms with Crippen molar-refractivity contribution in [2.75, 3.05) is 7.11 Å². The fraction of sp³-hybridized carbons (Fsp3) is 0.538. The number of aliphatic carboxylic acids is 1. The molecule has 0 aromatic heterocycles. The molecular weight excluding hydrogens is 234 g/mol. The van der Waals surface area contributed by atoms with E-state index in [0.29, 0.717) is 0 Å². The molecule has 100 valence electrons. The van der Waals surface area contributed by atoms with Crippen LogP contribution in [-0.2, 0) is 9.53 Å². The van der Waals surface area contributed by atoms with Crippen molar-refractivity contribution < 1.29 is 19.4 Å². The first-order chi connectivity index (χ1) is 8.38. The average Bonchev–Trinajstić information content (AvgIpc) is 2.29. The molecule has 0 saturated heterocycles. The van der Waals surface area contributed by atoms with Crippen molar-refractivity contribution in [3.63, 3.8) is 0 Å². The van der Waals surface area contributed by atoms with Crippen molar-refractivity contribution in [2.24, 2.45) is 17.8 Å². The summed E-state index contributed by atoms with van der Waals surface area (Å²) in [4.78, 5) is 23.9. The third-order valence-corrected chi connectivity index (χ3v) is 3.10. The molecule has 1 aliphatic heterocycles. The number of hydrogen-bond acceptors (Lipinski definition) is 3. The van der Waals surface area contributed by atoms with Crippen LogP contribution in [0.5, 0.6) is 0 Å². The monoisotopic (exact) mass is 253 g/mol. The van der Waals surface area contributed by atoms with Gasteiger partial charge in [0, 0.05) is 18.3 Å². The number of rotatable bonds is 3. The van der Waals surface area contributed by atoms with E-state index >= 15 is 0 Å². The van der Waals surface area contributed by atoms with Gasteiger partial charge < -0.3 is 9.84 Å². The molecule has 0 saturated carbocycles. The average molecular weight is 253 g/mol. The molecule has 0 bridgehead atoms. The molecule has 2 unspecified atom stereocenters. The van der Waals surface area contributed by atoms with Crippen LogP contribution in [-0.4, -0.2) is 29.2 Å². The minimum absolute atomic E-state index is 0.0187. The largest absolute Gasteiger partial charge is 0.481 e. The molecule has 0 aromatic carbocycles. The topological polar surface area (TPSA) is 66.8 Å². The van der Waals surface area contributed by atoms with Gasteiger partial charge >= 0.3 is 12.1 Å². The number of allylic oxidation sites excluding steroid dienone is 2. The van der Waals surface area contributed by atoms with Crippen LogP contribution in [0.4, 0.5) is 4.79 Å². The van der Waals surface area contributed by atoms with E-state index in [1.54, 1.807) is 18.5 Å². The zero-order valence-corrected chi connectivity index (χ0v) is 11.1. The van der Waals surface area contributed by atoms with Gasteiger partial charge in [0.15, 0.2) is 0 Å². The van der Waals surface area contributed by atoms with Gasteiger partial charge in [-0.05, 0) is 18.4 Å². The summed E-state index contributed by atoms with van der Waals surface area (Å²) in [6.07, 6.45) is 4.43. The molecule has 0 aliphatic carbocycles. The molecule has 1 heterocycles. The molecule has 5 nitrogen and oxygen atoms in total. The van der Waals surface area contributed by atoms with E-state index in [1.807, 2.05) is 20.8 Å². The zero-order chi connectivity index (χ0) is 13.9. The molecule has 1 amide bonds. The first-order valence-electron chi connectivity index (χ1n) is 5.84. The lowest BCUT2D eigenvalue weighted by atomic mass is 9.79. The van der Waals surface area contributed by atoms with Gasteiger partial charge in [-0.15, -0.1) is 0 Å². The second-order valence-electron chi connectivity index (χ2n) is 4.73. The Kier molecular flexibility index (Phi) is 4.53. The van der Waals surface area contributed by atoms with Gasteiger partial charge in [-0.1, -0.05) is 19.9 Å². The summed E-state index contributed by atoms with van der Waals surface area (Å²) >= 11 is 0. The lowest BCUT2D eigenvalue weighted by Crippen LogP contribution is -2.32. The van der Waals surface area contributed by atoms with Crippen LogP contribution in [0.1, 0.15) is 20.8 Å². The Balaban J connectivity index is 2.93. The van der Waals surface area contributed by atoms with Crippen molar-refractivity contribution in [2.45, 2.75) is 20.8 Å². The van der Waals surface area contributed by atoms with Crippen molar-refractivity contribution in [1.82, 2.24) is 4.90 Å². The summed E-state index contributed by atoms with van der Waals surface area (Å²) in [6.45, 7) is 5.58. The molecule has 0 spiro atoms. The lowest BCUT2D eigenvalue weighted by Gasteiger charge is -2.29. The van der Waals surface area contributed by atoms with Gasteiger partial charge in [0.25, 0.3) is 0 Å². The summed E-state index contributed by atoms with van der Waals surface area (Å²) in [5.74, 6) is -1.48. The highest BCUT2D eigenvalue weighted by Gasteiger charge is 2.32. The smallest absolute Gasteiger partial charge is 0.417 e. The minimum atomic E-state index is -0.820. The summed E-state index contributed by atoms with van der Waals surface area (Å²) < 4.78 is 4.60. The highest BCUT2D eigenvalue weighted by atomic mass is 16.5. The second kappa shape index (κ2) is 5.71. The highest BCUT2D eigenvalue weighted by Crippen LogP contribution is 2.31. The van der Waals surface area contributed by atoms with Crippen LogP contribution >= 0.6 is 0 Å². The van der Waals surface area contributed by atoms with Crippen molar-refractivity contribution in [1.29, 1.82) is 0 Å². The molecule has 5 heteroatoms. The number of carbonyl (C=O) groups is 2. The zero-order valence-electron chi connectivity index (χ0n) is 11.1. The number of carbonyl (C=O) groups excluding carboxylic acids is 1. The van der Waals surface area contributed by atoms with E-state index in [1.165, 1.54) is 12.0 Å². The molecular formula is C13H19NO4. The standard InChI is InChI=1S/C13H19NO4/c1-8(2)11(12(15)16)10-5-6-14(7-9(10)3)13(17)18-4/h5-8,10-11H,1-4H3,(H,15,16). The van der Waals surface area contributed by atoms with E-state index in [-0.39, 0.29) is 11.8 Å². The van der Waals surface area contributed by atoms with Crippen LogP contribution < -0.4 is 0 Å². The summed E-state index contributed by atoms with van der Waals surface area (Å²) in [6, 6.07) is 0. The SMILES string of the molecule is COC(=O)N1C=CC(C(C(=O)O)C(C)C)C(C)=C1. The Morgan fingerprint density at radius 1 is 1.44 bits per heavy atom. The molecule has 0 radical (unpaired) electrons. The normalized spacial score (nSPS) is 20.6. The molecule has 1 rings (SSSR count). The second-order valence-corrected chi connectivity index (χ2v) is 4.73. The maximum absolute atomic E-state index is 11.3. The van der Waals surface area contributed by atoms with Crippen LogP contribution in [0.3, 0.4) is 0 Å². The van der Waals surface area contributed by atoms with Crippen LogP contribution in [0.25, 0.3) is 0 Å². The fourth-order valence-corrected chi connectivity index (χ4v) is 2.16. The Hall–Kier alpha value is -1.78. The number of amides is 1. The summed E-state index contributed by atoms with van der Waals surface area (Å²) in [5, 5.41) is 9.27. The lowest BCUT2D eigenvalue weighted by molar-refractivity contribution is -0.144. The molecule has 1 aliphatic rings. The molecule has 18 heavy (non-hydrogen) atoms. The number of carboxylic acid groups (broad SMARTS) is 1. The molecule has 2 atom stereocenters. The van der Waals surface area contributed by atoms with Crippen LogP contribution in [0.2, 0.25) is 0 Å². The van der Waals surface area contributed by atoms with Crippen molar-refractivity contribution in [3.8, 4) is 0 Å². The van der Waals surface area contributed by atoms with E-state index in [4.69, 9.17) is 0 Å². The van der Waals surface area contributed by atoms with Gasteiger partial charge in [0.1, 0.15) is 0 Å². The van der Waals surface area contributed by atoms with Crippen molar-refractivity contribution in [3.05, 3.63) is 24.0 Å². The highest BCUT2D eigenvalue weighted by molar-refractivity contribution is 5.73. The Morgan fingerprint density at radius 2 is 2.06 bits per heavy atom. The maximum atomic E-state index is 11.3. The van der Waals surface area contributed by atoms with Gasteiger partial charge in [-0.25, -0.2) is 4.79 Å². The third kappa shape index (κ3) is 2.91. The predicted molar refractivity (Wildman–Crippen MR) is 66.6 cm³/mol. The first-order valence-corrected chi connectivity index (χ1v) is 5.84. The third-order valence-electron chi connectivity index (χ3n) is 3.10. The Morgan fingerprint density at radius 3 is 2.44 bits per heavy atom. The molecule has 0 aromatic rings. The molecule has 1 N–H and O–H groups in total. The number of carboxylic acids is 1. The number of hydrogen-bond donors (Lipinski definition) is 1. The van der Waals surface area contributed by atoms with Crippen molar-refractivity contribution >= 4 is 12.1 Å². The van der Waals surface area contributed by atoms with Gasteiger partial charge in [-0.2, -0.15) is 0 Å². The van der Waals surface area contributed by atoms with E-state index in [2.05, 4.69) is 4.74 Å². The van der Waals surface area contributed by atoms with Crippen LogP contribution in [0.15, 0.2) is 24.0 Å². The first kappa shape index (κ1) is 14.3. The van der Waals surface area contributed by atoms with Gasteiger partial charge in [0.05, 0.1) is 13.0 Å².